The van der Waals surface area contributed by atoms with Crippen LogP contribution in [-0.2, 0) is 13.9 Å². The summed E-state index contributed by atoms with van der Waals surface area (Å²) < 4.78 is 19.7. The second-order valence-corrected chi connectivity index (χ2v) is 17.3. The molecule has 4 aromatic carbocycles. The van der Waals surface area contributed by atoms with Gasteiger partial charge in [0.1, 0.15) is 23.7 Å². The molecule has 45 heavy (non-hydrogen) atoms. The van der Waals surface area contributed by atoms with E-state index >= 15 is 0 Å². The van der Waals surface area contributed by atoms with Crippen molar-refractivity contribution in [3.05, 3.63) is 137 Å². The molecule has 0 bridgehead atoms. The molecule has 1 heterocycles. The lowest BCUT2D eigenvalue weighted by molar-refractivity contribution is -0.166. The van der Waals surface area contributed by atoms with Crippen LogP contribution >= 0.6 is 11.8 Å². The number of benzene rings is 4. The van der Waals surface area contributed by atoms with Crippen LogP contribution in [-0.4, -0.2) is 55.8 Å². The second-order valence-electron chi connectivity index (χ2n) is 11.9. The first-order chi connectivity index (χ1) is 21.7. The van der Waals surface area contributed by atoms with Crippen LogP contribution in [0.2, 0.25) is 5.04 Å². The van der Waals surface area contributed by atoms with Gasteiger partial charge in [-0.25, -0.2) is 4.79 Å². The second kappa shape index (κ2) is 14.5. The molecular weight excluding hydrogens is 603 g/mol. The van der Waals surface area contributed by atoms with Gasteiger partial charge in [0.25, 0.3) is 8.32 Å². The molecule has 10 heteroatoms. The normalized spacial score (nSPS) is 21.8. The molecule has 1 aliphatic rings. The van der Waals surface area contributed by atoms with Crippen LogP contribution in [0.5, 0.6) is 0 Å². The fourth-order valence-corrected chi connectivity index (χ4v) is 11.5. The van der Waals surface area contributed by atoms with Gasteiger partial charge in [-0.15, -0.1) is 0 Å². The summed E-state index contributed by atoms with van der Waals surface area (Å²) in [7, 11) is -3.01. The Labute approximate surface area is 269 Å². The minimum atomic E-state index is -3.01. The molecule has 0 amide bonds. The molecule has 5 rings (SSSR count). The van der Waals surface area contributed by atoms with Crippen LogP contribution in [0.3, 0.4) is 0 Å². The van der Waals surface area contributed by atoms with Crippen LogP contribution < -0.4 is 10.4 Å². The predicted octanol–water partition coefficient (Wildman–Crippen LogP) is 6.35. The summed E-state index contributed by atoms with van der Waals surface area (Å²) in [5.74, 6) is -0.618. The van der Waals surface area contributed by atoms with Gasteiger partial charge in [0.2, 0.25) is 0 Å². The van der Waals surface area contributed by atoms with E-state index in [-0.39, 0.29) is 11.6 Å². The van der Waals surface area contributed by atoms with Gasteiger partial charge in [-0.1, -0.05) is 135 Å². The van der Waals surface area contributed by atoms with E-state index < -0.39 is 44.1 Å². The van der Waals surface area contributed by atoms with Gasteiger partial charge in [-0.2, -0.15) is 0 Å². The summed E-state index contributed by atoms with van der Waals surface area (Å²) in [5, 5.41) is 17.5. The summed E-state index contributed by atoms with van der Waals surface area (Å²) in [4.78, 5) is 17.2. The first-order valence-corrected chi connectivity index (χ1v) is 17.6. The maximum atomic E-state index is 13.3. The Bertz CT molecular complexity index is 1550. The van der Waals surface area contributed by atoms with Gasteiger partial charge in [-0.05, 0) is 45.2 Å². The van der Waals surface area contributed by atoms with E-state index in [4.69, 9.17) is 13.9 Å². The molecule has 1 aliphatic heterocycles. The SMILES string of the molecule is CC(C)(C)[Si](OC[C@H]1O[C@H](Sc2ccccc2)[C@H](N=[N+]=[N-])[C@@H](O)[C@H]1OC(=O)c1ccccc1)(c1ccccc1)c1ccccc1. The summed E-state index contributed by atoms with van der Waals surface area (Å²) >= 11 is 1.34. The molecule has 1 N–H and O–H groups in total. The lowest BCUT2D eigenvalue weighted by atomic mass is 9.98. The first kappa shape index (κ1) is 32.5. The molecule has 0 aromatic heterocycles. The number of thioether (sulfide) groups is 1. The topological polar surface area (TPSA) is 114 Å². The van der Waals surface area contributed by atoms with Crippen LogP contribution in [0.15, 0.2) is 131 Å². The number of aliphatic hydroxyl groups is 1. The highest BCUT2D eigenvalue weighted by Crippen LogP contribution is 2.40. The van der Waals surface area contributed by atoms with Crippen molar-refractivity contribution < 1.29 is 23.8 Å². The van der Waals surface area contributed by atoms with Crippen molar-refractivity contribution >= 4 is 36.4 Å². The van der Waals surface area contributed by atoms with E-state index in [1.165, 1.54) is 11.8 Å². The van der Waals surface area contributed by atoms with Crippen molar-refractivity contribution in [1.82, 2.24) is 0 Å². The molecular formula is C35H37N3O5SSi. The van der Waals surface area contributed by atoms with Crippen molar-refractivity contribution in [2.24, 2.45) is 5.11 Å². The Morgan fingerprint density at radius 3 is 1.91 bits per heavy atom. The maximum absolute atomic E-state index is 13.3. The van der Waals surface area contributed by atoms with Gasteiger partial charge in [-0.3, -0.25) is 0 Å². The third-order valence-electron chi connectivity index (χ3n) is 7.95. The van der Waals surface area contributed by atoms with Crippen molar-refractivity contribution in [2.45, 2.75) is 60.5 Å². The molecule has 1 saturated heterocycles. The van der Waals surface area contributed by atoms with Crippen molar-refractivity contribution in [2.75, 3.05) is 6.61 Å². The van der Waals surface area contributed by atoms with Crippen LogP contribution in [0.1, 0.15) is 31.1 Å². The van der Waals surface area contributed by atoms with Crippen LogP contribution in [0, 0.1) is 0 Å². The zero-order valence-electron chi connectivity index (χ0n) is 25.5. The summed E-state index contributed by atoms with van der Waals surface area (Å²) in [6.45, 7) is 6.54. The predicted molar refractivity (Wildman–Crippen MR) is 179 cm³/mol. The minimum Gasteiger partial charge on any atom is -0.453 e. The number of nitrogens with zero attached hydrogens (tertiary/aromatic N) is 3. The molecule has 8 nitrogen and oxygen atoms in total. The molecule has 0 unspecified atom stereocenters. The van der Waals surface area contributed by atoms with Crippen LogP contribution in [0.25, 0.3) is 10.4 Å². The minimum absolute atomic E-state index is 0.0198. The van der Waals surface area contributed by atoms with Crippen LogP contribution in [0.4, 0.5) is 0 Å². The Balaban J connectivity index is 1.55. The van der Waals surface area contributed by atoms with Gasteiger partial charge in [0.05, 0.1) is 12.2 Å². The molecule has 5 atom stereocenters. The smallest absolute Gasteiger partial charge is 0.338 e. The molecule has 0 saturated carbocycles. The third-order valence-corrected chi connectivity index (χ3v) is 14.1. The molecule has 1 fully saturated rings. The Morgan fingerprint density at radius 1 is 0.889 bits per heavy atom. The molecule has 0 radical (unpaired) electrons. The largest absolute Gasteiger partial charge is 0.453 e. The lowest BCUT2D eigenvalue weighted by Gasteiger charge is -2.46. The quantitative estimate of drug-likeness (QED) is 0.0712. The van der Waals surface area contributed by atoms with Crippen molar-refractivity contribution in [3.8, 4) is 0 Å². The number of carbonyl (C=O) groups excluding carboxylic acids is 1. The van der Waals surface area contributed by atoms with E-state index in [1.807, 2.05) is 66.7 Å². The number of esters is 1. The standard InChI is InChI=1S/C35H37N3O5SSi/c1-35(2,3)45(27-20-12-6-13-21-27,28-22-14-7-15-23-28)41-24-29-32(43-33(40)25-16-8-4-9-17-25)31(39)30(37-38-36)34(42-29)44-26-18-10-5-11-19-26/h4-23,29-32,34,39H,24H2,1-3H3/t29-,30-,31-,32+,34-/m1/s1. The molecule has 0 spiro atoms. The third kappa shape index (κ3) is 7.17. The molecule has 4 aromatic rings. The van der Waals surface area contributed by atoms with E-state index in [9.17, 15) is 15.4 Å². The number of hydrogen-bond donors (Lipinski definition) is 1. The fourth-order valence-electron chi connectivity index (χ4n) is 5.83. The van der Waals surface area contributed by atoms with Crippen molar-refractivity contribution in [3.63, 3.8) is 0 Å². The zero-order valence-corrected chi connectivity index (χ0v) is 27.3. The highest BCUT2D eigenvalue weighted by atomic mass is 32.2. The average Bonchev–Trinajstić information content (AvgIpc) is 3.06. The average molecular weight is 640 g/mol. The Hall–Kier alpha value is -3.89. The first-order valence-electron chi connectivity index (χ1n) is 14.8. The number of aliphatic hydroxyl groups excluding tert-OH is 1. The van der Waals surface area contributed by atoms with E-state index in [0.29, 0.717) is 5.56 Å². The fraction of sp³-hybridized carbons (Fsp3) is 0.286. The zero-order chi connectivity index (χ0) is 31.9. The van der Waals surface area contributed by atoms with E-state index in [1.54, 1.807) is 30.3 Å². The number of carbonyl (C=O) groups is 1. The highest BCUT2D eigenvalue weighted by molar-refractivity contribution is 7.99. The summed E-state index contributed by atoms with van der Waals surface area (Å²) in [6, 6.07) is 37.5. The van der Waals surface area contributed by atoms with Gasteiger partial charge < -0.3 is 19.0 Å². The highest BCUT2D eigenvalue weighted by Gasteiger charge is 2.53. The number of rotatable bonds is 10. The Morgan fingerprint density at radius 2 is 1.40 bits per heavy atom. The van der Waals surface area contributed by atoms with Gasteiger partial charge in [0, 0.05) is 9.81 Å². The number of azide groups is 1. The van der Waals surface area contributed by atoms with E-state index in [0.717, 1.165) is 15.3 Å². The summed E-state index contributed by atoms with van der Waals surface area (Å²) in [5.41, 5.74) is 9.00. The lowest BCUT2D eigenvalue weighted by Crippen LogP contribution is -2.68. The Kier molecular flexibility index (Phi) is 10.5. The number of ether oxygens (including phenoxy) is 2. The van der Waals surface area contributed by atoms with Gasteiger partial charge >= 0.3 is 5.97 Å². The maximum Gasteiger partial charge on any atom is 0.338 e. The van der Waals surface area contributed by atoms with E-state index in [2.05, 4.69) is 55.1 Å². The van der Waals surface area contributed by atoms with Crippen molar-refractivity contribution in [1.29, 1.82) is 0 Å². The molecule has 0 aliphatic carbocycles. The monoisotopic (exact) mass is 639 g/mol. The van der Waals surface area contributed by atoms with Gasteiger partial charge in [0.15, 0.2) is 6.10 Å². The number of hydrogen-bond acceptors (Lipinski definition) is 7. The summed E-state index contributed by atoms with van der Waals surface area (Å²) in [6.07, 6.45) is -3.39. The molecule has 232 valence electrons.